The fourth-order valence-corrected chi connectivity index (χ4v) is 3.87. The van der Waals surface area contributed by atoms with Crippen molar-refractivity contribution >= 4 is 23.2 Å². The van der Waals surface area contributed by atoms with Crippen molar-refractivity contribution in [2.75, 3.05) is 6.61 Å². The standard InChI is InChI=1S/C18H28N2O3S/c1-3-5-11-17(21)20(14-9-7-6-8-10-14)12-16-19-15(13-24-16)18(22)23-4-2/h13-14H,3-12H2,1-2H3. The fraction of sp³-hybridized carbons (Fsp3) is 0.722. The van der Waals surface area contributed by atoms with Crippen LogP contribution in [0.4, 0.5) is 0 Å². The van der Waals surface area contributed by atoms with Crippen molar-refractivity contribution in [3.63, 3.8) is 0 Å². The molecular weight excluding hydrogens is 324 g/mol. The van der Waals surface area contributed by atoms with E-state index >= 15 is 0 Å². The molecule has 5 nitrogen and oxygen atoms in total. The number of rotatable bonds is 8. The summed E-state index contributed by atoms with van der Waals surface area (Å²) in [6, 6.07) is 0.318. The van der Waals surface area contributed by atoms with Gasteiger partial charge in [-0.1, -0.05) is 32.6 Å². The molecule has 0 atom stereocenters. The summed E-state index contributed by atoms with van der Waals surface area (Å²) in [6.45, 7) is 4.74. The Hall–Kier alpha value is -1.43. The first-order valence-electron chi connectivity index (χ1n) is 9.06. The van der Waals surface area contributed by atoms with Crippen LogP contribution in [-0.4, -0.2) is 34.4 Å². The lowest BCUT2D eigenvalue weighted by Crippen LogP contribution is -2.40. The molecule has 0 aliphatic heterocycles. The van der Waals surface area contributed by atoms with E-state index in [2.05, 4.69) is 11.9 Å². The van der Waals surface area contributed by atoms with Crippen molar-refractivity contribution < 1.29 is 14.3 Å². The fourth-order valence-electron chi connectivity index (χ4n) is 3.11. The summed E-state index contributed by atoms with van der Waals surface area (Å²) in [5.41, 5.74) is 0.349. The van der Waals surface area contributed by atoms with Gasteiger partial charge in [-0.2, -0.15) is 0 Å². The molecule has 1 heterocycles. The van der Waals surface area contributed by atoms with Gasteiger partial charge < -0.3 is 9.64 Å². The summed E-state index contributed by atoms with van der Waals surface area (Å²) in [7, 11) is 0. The van der Waals surface area contributed by atoms with Crippen LogP contribution in [0, 0.1) is 0 Å². The predicted molar refractivity (Wildman–Crippen MR) is 95.0 cm³/mol. The highest BCUT2D eigenvalue weighted by Gasteiger charge is 2.26. The van der Waals surface area contributed by atoms with Crippen LogP contribution >= 0.6 is 11.3 Å². The molecule has 1 aliphatic rings. The normalized spacial score (nSPS) is 15.2. The number of nitrogens with zero attached hydrogens (tertiary/aromatic N) is 2. The predicted octanol–water partition coefficient (Wildman–Crippen LogP) is 4.17. The number of hydrogen-bond acceptors (Lipinski definition) is 5. The van der Waals surface area contributed by atoms with E-state index < -0.39 is 0 Å². The maximum absolute atomic E-state index is 12.7. The van der Waals surface area contributed by atoms with Crippen LogP contribution in [0.1, 0.15) is 80.7 Å². The van der Waals surface area contributed by atoms with Gasteiger partial charge in [0.2, 0.25) is 5.91 Å². The van der Waals surface area contributed by atoms with E-state index in [1.54, 1.807) is 12.3 Å². The third-order valence-electron chi connectivity index (χ3n) is 4.42. The molecule has 1 aromatic rings. The topological polar surface area (TPSA) is 59.5 Å². The summed E-state index contributed by atoms with van der Waals surface area (Å²) in [5.74, 6) is -0.168. The van der Waals surface area contributed by atoms with Gasteiger partial charge in [0.05, 0.1) is 13.2 Å². The number of thiazole rings is 1. The second-order valence-electron chi connectivity index (χ2n) is 6.26. The zero-order valence-corrected chi connectivity index (χ0v) is 15.6. The van der Waals surface area contributed by atoms with Crippen molar-refractivity contribution in [3.05, 3.63) is 16.1 Å². The molecule has 1 fully saturated rings. The zero-order chi connectivity index (χ0) is 17.4. The average Bonchev–Trinajstić information content (AvgIpc) is 3.07. The minimum absolute atomic E-state index is 0.219. The van der Waals surface area contributed by atoms with Gasteiger partial charge in [-0.05, 0) is 26.2 Å². The van der Waals surface area contributed by atoms with Gasteiger partial charge in [-0.15, -0.1) is 11.3 Å². The quantitative estimate of drug-likeness (QED) is 0.659. The largest absolute Gasteiger partial charge is 0.461 e. The molecule has 0 radical (unpaired) electrons. The van der Waals surface area contributed by atoms with Crippen molar-refractivity contribution in [2.45, 2.75) is 77.8 Å². The number of carbonyl (C=O) groups is 2. The van der Waals surface area contributed by atoms with E-state index in [9.17, 15) is 9.59 Å². The second kappa shape index (κ2) is 9.77. The van der Waals surface area contributed by atoms with Crippen LogP contribution in [0.2, 0.25) is 0 Å². The Morgan fingerprint density at radius 1 is 1.29 bits per heavy atom. The summed E-state index contributed by atoms with van der Waals surface area (Å²) < 4.78 is 4.99. The molecule has 0 saturated heterocycles. The highest BCUT2D eigenvalue weighted by atomic mass is 32.1. The number of hydrogen-bond donors (Lipinski definition) is 0. The molecule has 1 aliphatic carbocycles. The number of amides is 1. The smallest absolute Gasteiger partial charge is 0.357 e. The number of aromatic nitrogens is 1. The van der Waals surface area contributed by atoms with Crippen molar-refractivity contribution in [1.29, 1.82) is 0 Å². The van der Waals surface area contributed by atoms with E-state index in [1.165, 1.54) is 30.6 Å². The SMILES string of the molecule is CCCCC(=O)N(Cc1nc(C(=O)OCC)cs1)C1CCCCC1. The first-order valence-corrected chi connectivity index (χ1v) is 9.94. The minimum atomic E-state index is -0.387. The van der Waals surface area contributed by atoms with E-state index in [4.69, 9.17) is 4.74 Å². The molecule has 1 saturated carbocycles. The van der Waals surface area contributed by atoms with Crippen LogP contribution in [-0.2, 0) is 16.1 Å². The van der Waals surface area contributed by atoms with Gasteiger partial charge in [-0.25, -0.2) is 9.78 Å². The first-order chi connectivity index (χ1) is 11.7. The van der Waals surface area contributed by atoms with Crippen molar-refractivity contribution in [2.24, 2.45) is 0 Å². The Bertz CT molecular complexity index is 538. The summed E-state index contributed by atoms with van der Waals surface area (Å²) in [5, 5.41) is 2.54. The zero-order valence-electron chi connectivity index (χ0n) is 14.8. The Kier molecular flexibility index (Phi) is 7.69. The number of unbranched alkanes of at least 4 members (excludes halogenated alkanes) is 1. The number of esters is 1. The first kappa shape index (κ1) is 18.9. The molecule has 134 valence electrons. The van der Waals surface area contributed by atoms with Crippen LogP contribution < -0.4 is 0 Å². The van der Waals surface area contributed by atoms with Gasteiger partial charge in [-0.3, -0.25) is 4.79 Å². The van der Waals surface area contributed by atoms with Crippen molar-refractivity contribution in [1.82, 2.24) is 9.88 Å². The van der Waals surface area contributed by atoms with Crippen LogP contribution in [0.5, 0.6) is 0 Å². The third kappa shape index (κ3) is 5.30. The molecule has 0 unspecified atom stereocenters. The summed E-state index contributed by atoms with van der Waals surface area (Å²) in [6.07, 6.45) is 8.34. The summed E-state index contributed by atoms with van der Waals surface area (Å²) in [4.78, 5) is 30.8. The molecule has 0 N–H and O–H groups in total. The third-order valence-corrected chi connectivity index (χ3v) is 5.26. The van der Waals surface area contributed by atoms with Crippen LogP contribution in [0.3, 0.4) is 0 Å². The second-order valence-corrected chi connectivity index (χ2v) is 7.21. The van der Waals surface area contributed by atoms with Gasteiger partial charge in [0.25, 0.3) is 0 Å². The van der Waals surface area contributed by atoms with Crippen molar-refractivity contribution in [3.8, 4) is 0 Å². The Labute approximate surface area is 148 Å². The molecule has 24 heavy (non-hydrogen) atoms. The van der Waals surface area contributed by atoms with E-state index in [0.29, 0.717) is 31.3 Å². The summed E-state index contributed by atoms with van der Waals surface area (Å²) >= 11 is 1.43. The Morgan fingerprint density at radius 3 is 2.71 bits per heavy atom. The maximum atomic E-state index is 12.7. The molecule has 2 rings (SSSR count). The average molecular weight is 353 g/mol. The van der Waals surface area contributed by atoms with E-state index in [1.807, 2.05) is 4.90 Å². The molecular formula is C18H28N2O3S. The lowest BCUT2D eigenvalue weighted by molar-refractivity contribution is -0.135. The molecule has 0 spiro atoms. The maximum Gasteiger partial charge on any atom is 0.357 e. The van der Waals surface area contributed by atoms with E-state index in [-0.39, 0.29) is 11.9 Å². The molecule has 1 amide bonds. The van der Waals surface area contributed by atoms with Crippen LogP contribution in [0.25, 0.3) is 0 Å². The van der Waals surface area contributed by atoms with Crippen LogP contribution in [0.15, 0.2) is 5.38 Å². The molecule has 1 aromatic heterocycles. The highest BCUT2D eigenvalue weighted by Crippen LogP contribution is 2.26. The van der Waals surface area contributed by atoms with Gasteiger partial charge >= 0.3 is 5.97 Å². The Morgan fingerprint density at radius 2 is 2.04 bits per heavy atom. The molecule has 0 aromatic carbocycles. The monoisotopic (exact) mass is 352 g/mol. The lowest BCUT2D eigenvalue weighted by Gasteiger charge is -2.34. The number of carbonyl (C=O) groups excluding carboxylic acids is 2. The van der Waals surface area contributed by atoms with Gasteiger partial charge in [0, 0.05) is 17.8 Å². The van der Waals surface area contributed by atoms with E-state index in [0.717, 1.165) is 30.7 Å². The number of ether oxygens (including phenoxy) is 1. The Balaban J connectivity index is 2.06. The van der Waals surface area contributed by atoms with Gasteiger partial charge in [0.1, 0.15) is 5.01 Å². The molecule has 6 heteroatoms. The minimum Gasteiger partial charge on any atom is -0.461 e. The molecule has 0 bridgehead atoms. The lowest BCUT2D eigenvalue weighted by atomic mass is 9.94. The highest BCUT2D eigenvalue weighted by molar-refractivity contribution is 7.09. The van der Waals surface area contributed by atoms with Gasteiger partial charge in [0.15, 0.2) is 5.69 Å².